The number of carbonyl (C=O) groups excluding carboxylic acids is 2. The first-order chi connectivity index (χ1) is 11.6. The van der Waals surface area contributed by atoms with Crippen LogP contribution < -0.4 is 16.0 Å². The van der Waals surface area contributed by atoms with E-state index in [1.165, 1.54) is 0 Å². The maximum atomic E-state index is 12.3. The molecule has 0 radical (unpaired) electrons. The van der Waals surface area contributed by atoms with Crippen LogP contribution in [0.3, 0.4) is 0 Å². The van der Waals surface area contributed by atoms with E-state index >= 15 is 0 Å². The van der Waals surface area contributed by atoms with E-state index in [2.05, 4.69) is 16.0 Å². The van der Waals surface area contributed by atoms with Crippen molar-refractivity contribution in [3.05, 3.63) is 59.7 Å². The van der Waals surface area contributed by atoms with E-state index in [-0.39, 0.29) is 18.4 Å². The molecular weight excluding hydrogens is 302 g/mol. The lowest BCUT2D eigenvalue weighted by atomic mass is 10.1. The summed E-state index contributed by atoms with van der Waals surface area (Å²) in [6.45, 7) is 4.80. The summed E-state index contributed by atoms with van der Waals surface area (Å²) < 4.78 is 0. The minimum absolute atomic E-state index is 0.0463. The van der Waals surface area contributed by atoms with Crippen molar-refractivity contribution in [2.24, 2.45) is 0 Å². The van der Waals surface area contributed by atoms with Crippen LogP contribution in [0.25, 0.3) is 0 Å². The molecule has 5 heteroatoms. The highest BCUT2D eigenvalue weighted by molar-refractivity contribution is 6.05. The van der Waals surface area contributed by atoms with Crippen molar-refractivity contribution >= 4 is 23.2 Å². The SMILES string of the molecule is CCCNC(=O)CNc1cccc(NC(=O)c2ccccc2)c1C. The fraction of sp³-hybridized carbons (Fsp3) is 0.263. The number of anilines is 2. The molecule has 3 N–H and O–H groups in total. The monoisotopic (exact) mass is 325 g/mol. The molecule has 5 nitrogen and oxygen atoms in total. The predicted octanol–water partition coefficient (Wildman–Crippen LogP) is 3.19. The molecule has 2 aromatic rings. The van der Waals surface area contributed by atoms with Gasteiger partial charge >= 0.3 is 0 Å². The number of hydrogen-bond donors (Lipinski definition) is 3. The number of carbonyl (C=O) groups is 2. The van der Waals surface area contributed by atoms with Crippen LogP contribution >= 0.6 is 0 Å². The molecule has 2 amide bonds. The fourth-order valence-electron chi connectivity index (χ4n) is 2.25. The zero-order valence-corrected chi connectivity index (χ0v) is 14.1. The second kappa shape index (κ2) is 8.72. The maximum Gasteiger partial charge on any atom is 0.255 e. The molecule has 0 fully saturated rings. The van der Waals surface area contributed by atoms with Gasteiger partial charge in [-0.25, -0.2) is 0 Å². The van der Waals surface area contributed by atoms with Crippen LogP contribution in [0.1, 0.15) is 29.3 Å². The molecule has 0 saturated carbocycles. The minimum atomic E-state index is -0.156. The van der Waals surface area contributed by atoms with Crippen LogP contribution in [0, 0.1) is 6.92 Å². The minimum Gasteiger partial charge on any atom is -0.376 e. The van der Waals surface area contributed by atoms with Crippen LogP contribution in [0.5, 0.6) is 0 Å². The van der Waals surface area contributed by atoms with Crippen LogP contribution in [0.15, 0.2) is 48.5 Å². The Morgan fingerprint density at radius 2 is 1.67 bits per heavy atom. The van der Waals surface area contributed by atoms with E-state index < -0.39 is 0 Å². The Balaban J connectivity index is 2.02. The maximum absolute atomic E-state index is 12.3. The third kappa shape index (κ3) is 4.84. The summed E-state index contributed by atoms with van der Waals surface area (Å²) in [5, 5.41) is 8.84. The molecule has 126 valence electrons. The topological polar surface area (TPSA) is 70.2 Å². The Bertz CT molecular complexity index is 699. The fourth-order valence-corrected chi connectivity index (χ4v) is 2.25. The molecule has 0 atom stereocenters. The highest BCUT2D eigenvalue weighted by Crippen LogP contribution is 2.23. The van der Waals surface area contributed by atoms with Gasteiger partial charge in [0.15, 0.2) is 0 Å². The number of benzene rings is 2. The van der Waals surface area contributed by atoms with Crippen LogP contribution in [0.4, 0.5) is 11.4 Å². The average Bonchev–Trinajstić information content (AvgIpc) is 2.61. The number of rotatable bonds is 7. The molecule has 24 heavy (non-hydrogen) atoms. The van der Waals surface area contributed by atoms with E-state index in [4.69, 9.17) is 0 Å². The van der Waals surface area contributed by atoms with Crippen molar-refractivity contribution in [3.8, 4) is 0 Å². The van der Waals surface area contributed by atoms with Gasteiger partial charge in [0.2, 0.25) is 5.91 Å². The number of amides is 2. The van der Waals surface area contributed by atoms with Crippen LogP contribution in [-0.2, 0) is 4.79 Å². The van der Waals surface area contributed by atoms with Crippen molar-refractivity contribution in [3.63, 3.8) is 0 Å². The quantitative estimate of drug-likeness (QED) is 0.732. The summed E-state index contributed by atoms with van der Waals surface area (Å²) in [6.07, 6.45) is 0.909. The Morgan fingerprint density at radius 3 is 2.38 bits per heavy atom. The Kier molecular flexibility index (Phi) is 6.37. The van der Waals surface area contributed by atoms with Crippen LogP contribution in [0.2, 0.25) is 0 Å². The Morgan fingerprint density at radius 1 is 0.958 bits per heavy atom. The smallest absolute Gasteiger partial charge is 0.255 e. The molecule has 2 rings (SSSR count). The van der Waals surface area contributed by atoms with Gasteiger partial charge in [-0.1, -0.05) is 31.2 Å². The first-order valence-electron chi connectivity index (χ1n) is 8.08. The Labute approximate surface area is 142 Å². The van der Waals surface area contributed by atoms with Gasteiger partial charge in [-0.2, -0.15) is 0 Å². The average molecular weight is 325 g/mol. The van der Waals surface area contributed by atoms with Gasteiger partial charge in [0.05, 0.1) is 6.54 Å². The van der Waals surface area contributed by atoms with Crippen LogP contribution in [-0.4, -0.2) is 24.9 Å². The van der Waals surface area contributed by atoms with E-state index in [0.717, 1.165) is 23.4 Å². The van der Waals surface area contributed by atoms with Crippen molar-refractivity contribution < 1.29 is 9.59 Å². The summed E-state index contributed by atoms with van der Waals surface area (Å²) in [5.74, 6) is -0.202. The van der Waals surface area contributed by atoms with Gasteiger partial charge in [-0.3, -0.25) is 9.59 Å². The summed E-state index contributed by atoms with van der Waals surface area (Å²) in [6, 6.07) is 14.6. The van der Waals surface area contributed by atoms with E-state index in [9.17, 15) is 9.59 Å². The summed E-state index contributed by atoms with van der Waals surface area (Å²) in [5.41, 5.74) is 3.05. The standard InChI is InChI=1S/C19H23N3O2/c1-3-12-20-18(23)13-21-16-10-7-11-17(14(16)2)22-19(24)15-8-5-4-6-9-15/h4-11,21H,3,12-13H2,1-2H3,(H,20,23)(H,22,24). The largest absolute Gasteiger partial charge is 0.376 e. The van der Waals surface area contributed by atoms with Crippen molar-refractivity contribution in [1.82, 2.24) is 5.32 Å². The van der Waals surface area contributed by atoms with Crippen molar-refractivity contribution in [2.75, 3.05) is 23.7 Å². The van der Waals surface area contributed by atoms with E-state index in [1.807, 2.05) is 50.2 Å². The second-order valence-corrected chi connectivity index (χ2v) is 5.50. The first-order valence-corrected chi connectivity index (χ1v) is 8.08. The molecule has 0 aliphatic carbocycles. The molecule has 0 aliphatic rings. The second-order valence-electron chi connectivity index (χ2n) is 5.50. The summed E-state index contributed by atoms with van der Waals surface area (Å²) in [4.78, 5) is 24.0. The van der Waals surface area contributed by atoms with Gasteiger partial charge < -0.3 is 16.0 Å². The molecule has 0 bridgehead atoms. The normalized spacial score (nSPS) is 10.1. The molecule has 0 aromatic heterocycles. The lowest BCUT2D eigenvalue weighted by Crippen LogP contribution is -2.30. The van der Waals surface area contributed by atoms with Crippen molar-refractivity contribution in [2.45, 2.75) is 20.3 Å². The summed E-state index contributed by atoms with van der Waals surface area (Å²) in [7, 11) is 0. The van der Waals surface area contributed by atoms with E-state index in [1.54, 1.807) is 12.1 Å². The lowest BCUT2D eigenvalue weighted by Gasteiger charge is -2.14. The van der Waals surface area contributed by atoms with Crippen molar-refractivity contribution in [1.29, 1.82) is 0 Å². The van der Waals surface area contributed by atoms with E-state index in [0.29, 0.717) is 12.1 Å². The van der Waals surface area contributed by atoms with Gasteiger partial charge in [0, 0.05) is 23.5 Å². The number of hydrogen-bond acceptors (Lipinski definition) is 3. The van der Waals surface area contributed by atoms with Gasteiger partial charge in [-0.15, -0.1) is 0 Å². The van der Waals surface area contributed by atoms with Gasteiger partial charge in [-0.05, 0) is 43.2 Å². The molecule has 0 unspecified atom stereocenters. The first kappa shape index (κ1) is 17.5. The Hall–Kier alpha value is -2.82. The molecule has 0 spiro atoms. The zero-order chi connectivity index (χ0) is 17.4. The molecule has 0 saturated heterocycles. The summed E-state index contributed by atoms with van der Waals surface area (Å²) >= 11 is 0. The highest BCUT2D eigenvalue weighted by atomic mass is 16.2. The number of nitrogens with one attached hydrogen (secondary N) is 3. The molecule has 2 aromatic carbocycles. The molecule has 0 aliphatic heterocycles. The molecule has 0 heterocycles. The zero-order valence-electron chi connectivity index (χ0n) is 14.1. The van der Waals surface area contributed by atoms with Gasteiger partial charge in [0.1, 0.15) is 0 Å². The predicted molar refractivity (Wildman–Crippen MR) is 97.4 cm³/mol. The highest BCUT2D eigenvalue weighted by Gasteiger charge is 2.10. The third-order valence-electron chi connectivity index (χ3n) is 3.63. The van der Waals surface area contributed by atoms with Gasteiger partial charge in [0.25, 0.3) is 5.91 Å². The third-order valence-corrected chi connectivity index (χ3v) is 3.63. The molecular formula is C19H23N3O2. The lowest BCUT2D eigenvalue weighted by molar-refractivity contribution is -0.119.